The lowest BCUT2D eigenvalue weighted by atomic mass is 10.2. The molecule has 0 atom stereocenters. The average Bonchev–Trinajstić information content (AvgIpc) is 2.58. The molecule has 24 heavy (non-hydrogen) atoms. The van der Waals surface area contributed by atoms with E-state index in [0.29, 0.717) is 16.3 Å². The van der Waals surface area contributed by atoms with Crippen LogP contribution in [0.1, 0.15) is 10.4 Å². The molecule has 1 amide bonds. The number of hydrogen-bond acceptors (Lipinski definition) is 2. The second kappa shape index (κ2) is 8.45. The predicted molar refractivity (Wildman–Crippen MR) is 91.3 cm³/mol. The number of halogens is 2. The van der Waals surface area contributed by atoms with Gasteiger partial charge < -0.3 is 17.7 Å². The summed E-state index contributed by atoms with van der Waals surface area (Å²) in [7, 11) is 0. The molecular formula is C18H15Cl2N3O. The van der Waals surface area contributed by atoms with Crippen molar-refractivity contribution >= 4 is 34.7 Å². The Bertz CT molecular complexity index is 791. The molecule has 0 aliphatic rings. The van der Waals surface area contributed by atoms with Crippen LogP contribution in [0.3, 0.4) is 0 Å². The molecule has 0 aliphatic heterocycles. The molecule has 3 rings (SSSR count). The topological polar surface area (TPSA) is 58.6 Å². The van der Waals surface area contributed by atoms with Gasteiger partial charge in [0.1, 0.15) is 5.69 Å². The van der Waals surface area contributed by atoms with Gasteiger partial charge >= 0.3 is 0 Å². The van der Waals surface area contributed by atoms with E-state index in [-0.39, 0.29) is 18.3 Å². The zero-order valence-electron chi connectivity index (χ0n) is 12.6. The summed E-state index contributed by atoms with van der Waals surface area (Å²) in [5, 5.41) is 5.39. The molecule has 0 radical (unpaired) electrons. The van der Waals surface area contributed by atoms with Crippen LogP contribution < -0.4 is 23.0 Å². The first kappa shape index (κ1) is 17.9. The molecule has 6 heteroatoms. The van der Waals surface area contributed by atoms with Gasteiger partial charge in [0.25, 0.3) is 5.91 Å². The summed E-state index contributed by atoms with van der Waals surface area (Å²) >= 11 is 5.82. The van der Waals surface area contributed by atoms with Crippen molar-refractivity contribution in [2.24, 2.45) is 0 Å². The number of quaternary nitrogens is 1. The number of para-hydroxylation sites is 1. The molecule has 0 fully saturated rings. The monoisotopic (exact) mass is 359 g/mol. The molecule has 0 saturated carbocycles. The van der Waals surface area contributed by atoms with Gasteiger partial charge in [-0.2, -0.15) is 0 Å². The highest BCUT2D eigenvalue weighted by Crippen LogP contribution is 2.13. The normalized spacial score (nSPS) is 9.88. The number of rotatable bonds is 4. The van der Waals surface area contributed by atoms with Gasteiger partial charge in [-0.15, -0.1) is 0 Å². The van der Waals surface area contributed by atoms with Crippen LogP contribution in [0.5, 0.6) is 0 Å². The number of carbonyl (C=O) groups excluding carboxylic acids is 1. The second-order valence-corrected chi connectivity index (χ2v) is 5.42. The summed E-state index contributed by atoms with van der Waals surface area (Å²) in [5.74, 6) is 0.643. The van der Waals surface area contributed by atoms with Crippen molar-refractivity contribution in [3.63, 3.8) is 0 Å². The van der Waals surface area contributed by atoms with Gasteiger partial charge in [-0.3, -0.25) is 10.1 Å². The number of carbonyl (C=O) groups is 1. The smallest absolute Gasteiger partial charge is 0.255 e. The van der Waals surface area contributed by atoms with Crippen molar-refractivity contribution in [1.29, 1.82) is 0 Å². The molecule has 0 spiro atoms. The zero-order valence-corrected chi connectivity index (χ0v) is 14.1. The number of aromatic nitrogens is 1. The fourth-order valence-electron chi connectivity index (χ4n) is 2.09. The quantitative estimate of drug-likeness (QED) is 0.667. The van der Waals surface area contributed by atoms with E-state index in [0.717, 1.165) is 11.5 Å². The molecule has 1 heterocycles. The molecule has 0 saturated heterocycles. The summed E-state index contributed by atoms with van der Waals surface area (Å²) in [5.41, 5.74) is 2.28. The van der Waals surface area contributed by atoms with E-state index in [4.69, 9.17) is 11.6 Å². The number of benzene rings is 2. The molecule has 122 valence electrons. The second-order valence-electron chi connectivity index (χ2n) is 4.99. The fourth-order valence-corrected chi connectivity index (χ4v) is 2.22. The lowest BCUT2D eigenvalue weighted by Gasteiger charge is -2.05. The number of pyridine rings is 1. The van der Waals surface area contributed by atoms with E-state index >= 15 is 0 Å². The third-order valence-electron chi connectivity index (χ3n) is 3.26. The molecule has 0 aliphatic carbocycles. The van der Waals surface area contributed by atoms with Crippen LogP contribution in [-0.4, -0.2) is 10.9 Å². The Hall–Kier alpha value is -2.40. The van der Waals surface area contributed by atoms with Crippen molar-refractivity contribution in [1.82, 2.24) is 4.98 Å². The van der Waals surface area contributed by atoms with Crippen LogP contribution >= 0.6 is 11.6 Å². The van der Waals surface area contributed by atoms with E-state index in [1.807, 2.05) is 47.8 Å². The maximum Gasteiger partial charge on any atom is 0.255 e. The van der Waals surface area contributed by atoms with Crippen LogP contribution in [0.2, 0.25) is 5.02 Å². The Kier molecular flexibility index (Phi) is 6.32. The Balaban J connectivity index is 0.00000208. The van der Waals surface area contributed by atoms with Crippen LogP contribution in [0.15, 0.2) is 72.9 Å². The Morgan fingerprint density at radius 1 is 0.958 bits per heavy atom. The third kappa shape index (κ3) is 4.80. The van der Waals surface area contributed by atoms with Crippen molar-refractivity contribution in [2.75, 3.05) is 5.32 Å². The van der Waals surface area contributed by atoms with E-state index in [9.17, 15) is 4.79 Å². The first-order valence-electron chi connectivity index (χ1n) is 7.13. The first-order chi connectivity index (χ1) is 11.2. The number of nitrogens with one attached hydrogen (secondary N) is 1. The van der Waals surface area contributed by atoms with Gasteiger partial charge in [-0.25, -0.2) is 4.98 Å². The van der Waals surface area contributed by atoms with Crippen molar-refractivity contribution in [3.05, 3.63) is 83.5 Å². The summed E-state index contributed by atoms with van der Waals surface area (Å²) in [6.07, 6.45) is 1.64. The van der Waals surface area contributed by atoms with Crippen LogP contribution in [0, 0.1) is 0 Å². The van der Waals surface area contributed by atoms with Crippen LogP contribution in [0.25, 0.3) is 0 Å². The zero-order chi connectivity index (χ0) is 16.1. The number of nitrogens with two attached hydrogens (primary N) is 1. The molecule has 2 aromatic carbocycles. The van der Waals surface area contributed by atoms with Gasteiger partial charge in [0.15, 0.2) is 0 Å². The third-order valence-corrected chi connectivity index (χ3v) is 3.52. The summed E-state index contributed by atoms with van der Waals surface area (Å²) in [4.78, 5) is 16.5. The number of nitrogens with zero attached hydrogens (tertiary/aromatic N) is 1. The largest absolute Gasteiger partial charge is 1.00 e. The first-order valence-corrected chi connectivity index (χ1v) is 7.51. The van der Waals surface area contributed by atoms with Gasteiger partial charge in [0.05, 0.1) is 11.9 Å². The summed E-state index contributed by atoms with van der Waals surface area (Å²) in [6.45, 7) is 0. The van der Waals surface area contributed by atoms with Gasteiger partial charge in [0.2, 0.25) is 5.82 Å². The molecule has 3 aromatic rings. The van der Waals surface area contributed by atoms with E-state index < -0.39 is 0 Å². The minimum Gasteiger partial charge on any atom is -1.00 e. The maximum atomic E-state index is 12.1. The summed E-state index contributed by atoms with van der Waals surface area (Å²) < 4.78 is 0. The van der Waals surface area contributed by atoms with E-state index in [2.05, 4.69) is 10.3 Å². The Labute approximate surface area is 151 Å². The number of hydrogen-bond donors (Lipinski definition) is 2. The molecule has 0 unspecified atom stereocenters. The fraction of sp³-hybridized carbons (Fsp3) is 0. The van der Waals surface area contributed by atoms with E-state index in [1.54, 1.807) is 30.5 Å². The Morgan fingerprint density at radius 2 is 1.67 bits per heavy atom. The maximum absolute atomic E-state index is 12.1. The predicted octanol–water partition coefficient (Wildman–Crippen LogP) is 0.518. The SMILES string of the molecule is O=C(Nc1ccc([NH2+]c2ccccc2)nc1)c1ccc(Cl)cc1.[Cl-]. The molecular weight excluding hydrogens is 345 g/mol. The minimum atomic E-state index is -0.191. The highest BCUT2D eigenvalue weighted by atomic mass is 35.5. The van der Waals surface area contributed by atoms with Gasteiger partial charge in [0, 0.05) is 16.7 Å². The average molecular weight is 360 g/mol. The lowest BCUT2D eigenvalue weighted by Crippen LogP contribution is -3.00. The summed E-state index contributed by atoms with van der Waals surface area (Å²) in [6, 6.07) is 20.4. The van der Waals surface area contributed by atoms with Crippen molar-refractivity contribution in [2.45, 2.75) is 0 Å². The molecule has 3 N–H and O–H groups in total. The van der Waals surface area contributed by atoms with Gasteiger partial charge in [-0.05, 0) is 42.5 Å². The molecule has 1 aromatic heterocycles. The van der Waals surface area contributed by atoms with Crippen LogP contribution in [-0.2, 0) is 0 Å². The molecule has 0 bridgehead atoms. The Morgan fingerprint density at radius 3 is 2.29 bits per heavy atom. The van der Waals surface area contributed by atoms with E-state index in [1.165, 1.54) is 0 Å². The number of amides is 1. The highest BCUT2D eigenvalue weighted by Gasteiger charge is 2.07. The highest BCUT2D eigenvalue weighted by molar-refractivity contribution is 6.30. The standard InChI is InChI=1S/C18H14ClN3O.ClH/c19-14-8-6-13(7-9-14)18(23)22-16-10-11-17(20-12-16)21-15-4-2-1-3-5-15;/h1-12H,(H,20,21)(H,22,23);1H. The van der Waals surface area contributed by atoms with Crippen molar-refractivity contribution < 1.29 is 22.5 Å². The van der Waals surface area contributed by atoms with Crippen LogP contribution in [0.4, 0.5) is 17.2 Å². The minimum absolute atomic E-state index is 0. The number of anilines is 1. The lowest BCUT2D eigenvalue weighted by molar-refractivity contribution is -0.483. The van der Waals surface area contributed by atoms with Crippen molar-refractivity contribution in [3.8, 4) is 0 Å². The van der Waals surface area contributed by atoms with Gasteiger partial charge in [-0.1, -0.05) is 29.8 Å². The molecule has 4 nitrogen and oxygen atoms in total.